The van der Waals surface area contributed by atoms with E-state index < -0.39 is 6.10 Å². The zero-order valence-corrected chi connectivity index (χ0v) is 12.8. The molecule has 0 aliphatic carbocycles. The quantitative estimate of drug-likeness (QED) is 0.795. The Morgan fingerprint density at radius 3 is 2.59 bits per heavy atom. The molecule has 0 spiro atoms. The summed E-state index contributed by atoms with van der Waals surface area (Å²) in [7, 11) is 0. The van der Waals surface area contributed by atoms with Gasteiger partial charge < -0.3 is 5.11 Å². The Bertz CT molecular complexity index is 793. The molecule has 3 rings (SSSR count). The van der Waals surface area contributed by atoms with Gasteiger partial charge in [-0.1, -0.05) is 25.1 Å². The number of halogens is 1. The lowest BCUT2D eigenvalue weighted by atomic mass is 10.1. The Labute approximate surface area is 129 Å². The van der Waals surface area contributed by atoms with Crippen molar-refractivity contribution in [1.82, 2.24) is 9.38 Å². The van der Waals surface area contributed by atoms with E-state index in [1.165, 1.54) is 12.1 Å². The van der Waals surface area contributed by atoms with Gasteiger partial charge in [-0.2, -0.15) is 0 Å². The first kappa shape index (κ1) is 14.7. The lowest BCUT2D eigenvalue weighted by molar-refractivity contribution is 0.166. The molecule has 114 valence electrons. The molecule has 3 aromatic rings. The van der Waals surface area contributed by atoms with E-state index >= 15 is 0 Å². The highest BCUT2D eigenvalue weighted by Gasteiger charge is 2.19. The molecule has 1 unspecified atom stereocenters. The van der Waals surface area contributed by atoms with Crippen LogP contribution in [0.25, 0.3) is 5.65 Å². The lowest BCUT2D eigenvalue weighted by Gasteiger charge is -2.12. The summed E-state index contributed by atoms with van der Waals surface area (Å²) in [4.78, 5) is 4.67. The zero-order valence-electron chi connectivity index (χ0n) is 12.8. The summed E-state index contributed by atoms with van der Waals surface area (Å²) >= 11 is 0. The maximum atomic E-state index is 13.0. The molecule has 0 saturated carbocycles. The first-order valence-corrected chi connectivity index (χ1v) is 7.49. The molecule has 0 radical (unpaired) electrons. The van der Waals surface area contributed by atoms with E-state index in [9.17, 15) is 9.50 Å². The summed E-state index contributed by atoms with van der Waals surface area (Å²) in [5, 5.41) is 10.4. The standard InChI is InChI=1S/C18H19FN2O/c1-3-16(22)18-15(11-13-7-9-14(19)10-8-13)20-17-6-4-5-12(2)21(17)18/h4-10,16,22H,3,11H2,1-2H3. The minimum atomic E-state index is -0.563. The molecule has 0 aliphatic rings. The highest BCUT2D eigenvalue weighted by Crippen LogP contribution is 2.26. The van der Waals surface area contributed by atoms with Crippen LogP contribution in [0.4, 0.5) is 4.39 Å². The van der Waals surface area contributed by atoms with Crippen molar-refractivity contribution in [2.45, 2.75) is 32.8 Å². The molecule has 0 amide bonds. The third-order valence-corrected chi connectivity index (χ3v) is 3.94. The van der Waals surface area contributed by atoms with Gasteiger partial charge in [-0.3, -0.25) is 4.40 Å². The molecule has 2 heterocycles. The molecule has 4 heteroatoms. The third-order valence-electron chi connectivity index (χ3n) is 3.94. The van der Waals surface area contributed by atoms with Crippen molar-refractivity contribution >= 4 is 5.65 Å². The number of nitrogens with zero attached hydrogens (tertiary/aromatic N) is 2. The van der Waals surface area contributed by atoms with Gasteiger partial charge in [-0.05, 0) is 43.2 Å². The fraction of sp³-hybridized carbons (Fsp3) is 0.278. The highest BCUT2D eigenvalue weighted by atomic mass is 19.1. The van der Waals surface area contributed by atoms with Gasteiger partial charge in [0.1, 0.15) is 11.5 Å². The predicted octanol–water partition coefficient (Wildman–Crippen LogP) is 3.82. The van der Waals surface area contributed by atoms with E-state index in [0.29, 0.717) is 12.8 Å². The second-order valence-electron chi connectivity index (χ2n) is 5.53. The van der Waals surface area contributed by atoms with Crippen LogP contribution in [-0.2, 0) is 6.42 Å². The topological polar surface area (TPSA) is 37.5 Å². The molecular formula is C18H19FN2O. The molecular weight excluding hydrogens is 279 g/mol. The van der Waals surface area contributed by atoms with Crippen molar-refractivity contribution in [2.24, 2.45) is 0 Å². The number of hydrogen-bond acceptors (Lipinski definition) is 2. The van der Waals surface area contributed by atoms with Gasteiger partial charge in [0.05, 0.1) is 17.5 Å². The highest BCUT2D eigenvalue weighted by molar-refractivity contribution is 5.47. The molecule has 2 aromatic heterocycles. The number of rotatable bonds is 4. The summed E-state index contributed by atoms with van der Waals surface area (Å²) < 4.78 is 15.1. The molecule has 0 bridgehead atoms. The van der Waals surface area contributed by atoms with Crippen LogP contribution in [0.5, 0.6) is 0 Å². The normalized spacial score (nSPS) is 12.7. The van der Waals surface area contributed by atoms with Crippen LogP contribution in [0, 0.1) is 12.7 Å². The van der Waals surface area contributed by atoms with Crippen molar-refractivity contribution in [3.8, 4) is 0 Å². The maximum absolute atomic E-state index is 13.0. The number of benzene rings is 1. The number of imidazole rings is 1. The number of hydrogen-bond donors (Lipinski definition) is 1. The maximum Gasteiger partial charge on any atom is 0.137 e. The number of fused-ring (bicyclic) bond motifs is 1. The van der Waals surface area contributed by atoms with Crippen LogP contribution in [0.1, 0.15) is 42.1 Å². The van der Waals surface area contributed by atoms with E-state index in [1.54, 1.807) is 12.1 Å². The van der Waals surface area contributed by atoms with Gasteiger partial charge in [0.2, 0.25) is 0 Å². The predicted molar refractivity (Wildman–Crippen MR) is 84.4 cm³/mol. The Kier molecular flexibility index (Phi) is 3.94. The molecule has 0 saturated heterocycles. The average molecular weight is 298 g/mol. The van der Waals surface area contributed by atoms with Crippen molar-refractivity contribution in [1.29, 1.82) is 0 Å². The van der Waals surface area contributed by atoms with Gasteiger partial charge >= 0.3 is 0 Å². The summed E-state index contributed by atoms with van der Waals surface area (Å²) in [5.41, 5.74) is 4.53. The van der Waals surface area contributed by atoms with E-state index in [-0.39, 0.29) is 5.82 Å². The summed E-state index contributed by atoms with van der Waals surface area (Å²) in [5.74, 6) is -0.247. The minimum absolute atomic E-state index is 0.247. The first-order chi connectivity index (χ1) is 10.6. The van der Waals surface area contributed by atoms with Crippen molar-refractivity contribution in [3.05, 3.63) is 70.9 Å². The molecule has 1 atom stereocenters. The van der Waals surface area contributed by atoms with E-state index in [2.05, 4.69) is 4.98 Å². The smallest absolute Gasteiger partial charge is 0.137 e. The zero-order chi connectivity index (χ0) is 15.7. The Morgan fingerprint density at radius 1 is 1.18 bits per heavy atom. The SMILES string of the molecule is CCC(O)c1c(Cc2ccc(F)cc2)nc2cccc(C)n12. The average Bonchev–Trinajstić information content (AvgIpc) is 2.88. The van der Waals surface area contributed by atoms with E-state index in [1.807, 2.05) is 36.4 Å². The van der Waals surface area contributed by atoms with Crippen LogP contribution in [0.3, 0.4) is 0 Å². The largest absolute Gasteiger partial charge is 0.387 e. The number of aliphatic hydroxyl groups is 1. The van der Waals surface area contributed by atoms with Crippen LogP contribution in [0.2, 0.25) is 0 Å². The molecule has 3 nitrogen and oxygen atoms in total. The summed E-state index contributed by atoms with van der Waals surface area (Å²) in [6.07, 6.45) is 0.637. The number of aromatic nitrogens is 2. The van der Waals surface area contributed by atoms with Gasteiger partial charge in [0, 0.05) is 12.1 Å². The monoisotopic (exact) mass is 298 g/mol. The second kappa shape index (κ2) is 5.89. The van der Waals surface area contributed by atoms with Crippen molar-refractivity contribution < 1.29 is 9.50 Å². The van der Waals surface area contributed by atoms with Crippen LogP contribution in [-0.4, -0.2) is 14.5 Å². The van der Waals surface area contributed by atoms with Gasteiger partial charge in [-0.25, -0.2) is 9.37 Å². The number of aliphatic hydroxyl groups excluding tert-OH is 1. The summed E-state index contributed by atoms with van der Waals surface area (Å²) in [6.45, 7) is 3.95. The second-order valence-corrected chi connectivity index (χ2v) is 5.53. The summed E-state index contributed by atoms with van der Waals surface area (Å²) in [6, 6.07) is 12.3. The fourth-order valence-corrected chi connectivity index (χ4v) is 2.79. The number of aryl methyl sites for hydroxylation is 1. The molecule has 1 aromatic carbocycles. The molecule has 0 aliphatic heterocycles. The van der Waals surface area contributed by atoms with Crippen LogP contribution in [0.15, 0.2) is 42.5 Å². The molecule has 22 heavy (non-hydrogen) atoms. The minimum Gasteiger partial charge on any atom is -0.387 e. The number of pyridine rings is 1. The Hall–Kier alpha value is -2.20. The fourth-order valence-electron chi connectivity index (χ4n) is 2.79. The van der Waals surface area contributed by atoms with Crippen LogP contribution >= 0.6 is 0 Å². The van der Waals surface area contributed by atoms with Crippen molar-refractivity contribution in [2.75, 3.05) is 0 Å². The van der Waals surface area contributed by atoms with Gasteiger partial charge in [0.25, 0.3) is 0 Å². The third kappa shape index (κ3) is 2.62. The van der Waals surface area contributed by atoms with Gasteiger partial charge in [0.15, 0.2) is 0 Å². The van der Waals surface area contributed by atoms with E-state index in [4.69, 9.17) is 0 Å². The van der Waals surface area contributed by atoms with Crippen LogP contribution < -0.4 is 0 Å². The van der Waals surface area contributed by atoms with E-state index in [0.717, 1.165) is 28.3 Å². The molecule has 1 N–H and O–H groups in total. The Morgan fingerprint density at radius 2 is 1.91 bits per heavy atom. The van der Waals surface area contributed by atoms with Gasteiger partial charge in [-0.15, -0.1) is 0 Å². The first-order valence-electron chi connectivity index (χ1n) is 7.49. The Balaban J connectivity index is 2.12. The lowest BCUT2D eigenvalue weighted by Crippen LogP contribution is -2.06. The molecule has 0 fully saturated rings. The van der Waals surface area contributed by atoms with Crippen molar-refractivity contribution in [3.63, 3.8) is 0 Å².